The summed E-state index contributed by atoms with van der Waals surface area (Å²) in [5, 5.41) is 3.46. The molecular formula is C18H20Cl2N4O3S. The number of ether oxygens (including phenoxy) is 1. The molecule has 0 radical (unpaired) electrons. The Morgan fingerprint density at radius 2 is 1.96 bits per heavy atom. The van der Waals surface area contributed by atoms with Crippen molar-refractivity contribution in [2.24, 2.45) is 0 Å². The SMILES string of the molecule is O=C(CCCc1ccc(Cl)c(Cl)c1)NNC(=O)c1csc(N2CCOCC2)n1. The van der Waals surface area contributed by atoms with Crippen LogP contribution in [0.5, 0.6) is 0 Å². The van der Waals surface area contributed by atoms with Gasteiger partial charge in [0.05, 0.1) is 23.3 Å². The van der Waals surface area contributed by atoms with Crippen LogP contribution in [0.4, 0.5) is 5.13 Å². The molecule has 1 aliphatic rings. The number of hydrogen-bond donors (Lipinski definition) is 2. The first-order valence-corrected chi connectivity index (χ1v) is 10.5. The molecule has 0 aliphatic carbocycles. The van der Waals surface area contributed by atoms with E-state index in [0.29, 0.717) is 36.1 Å². The maximum Gasteiger partial charge on any atom is 0.289 e. The zero-order chi connectivity index (χ0) is 19.9. The number of hydrogen-bond acceptors (Lipinski definition) is 6. The van der Waals surface area contributed by atoms with Crippen molar-refractivity contribution in [3.05, 3.63) is 44.9 Å². The van der Waals surface area contributed by atoms with Crippen LogP contribution in [0.3, 0.4) is 0 Å². The molecule has 1 saturated heterocycles. The number of rotatable bonds is 6. The molecule has 0 atom stereocenters. The summed E-state index contributed by atoms with van der Waals surface area (Å²) in [6, 6.07) is 5.40. The minimum atomic E-state index is -0.436. The number of hydrazine groups is 1. The van der Waals surface area contributed by atoms with Crippen LogP contribution in [0.15, 0.2) is 23.6 Å². The van der Waals surface area contributed by atoms with Crippen LogP contribution in [0.25, 0.3) is 0 Å². The molecule has 0 bridgehead atoms. The van der Waals surface area contributed by atoms with Gasteiger partial charge < -0.3 is 9.64 Å². The van der Waals surface area contributed by atoms with Crippen molar-refractivity contribution in [1.82, 2.24) is 15.8 Å². The number of halogens is 2. The molecule has 7 nitrogen and oxygen atoms in total. The van der Waals surface area contributed by atoms with Gasteiger partial charge in [-0.25, -0.2) is 4.98 Å². The van der Waals surface area contributed by atoms with Crippen molar-refractivity contribution in [1.29, 1.82) is 0 Å². The highest BCUT2D eigenvalue weighted by molar-refractivity contribution is 7.13. The van der Waals surface area contributed by atoms with Crippen LogP contribution in [0.2, 0.25) is 10.0 Å². The topological polar surface area (TPSA) is 83.6 Å². The molecule has 28 heavy (non-hydrogen) atoms. The fraction of sp³-hybridized carbons (Fsp3) is 0.389. The minimum Gasteiger partial charge on any atom is -0.378 e. The van der Waals surface area contributed by atoms with Crippen LogP contribution >= 0.6 is 34.5 Å². The fourth-order valence-corrected chi connectivity index (χ4v) is 3.85. The number of carbonyl (C=O) groups excluding carboxylic acids is 2. The van der Waals surface area contributed by atoms with E-state index in [-0.39, 0.29) is 18.0 Å². The number of nitrogens with zero attached hydrogens (tertiary/aromatic N) is 2. The van der Waals surface area contributed by atoms with Gasteiger partial charge >= 0.3 is 0 Å². The number of morpholine rings is 1. The van der Waals surface area contributed by atoms with Crippen LogP contribution in [-0.2, 0) is 16.0 Å². The number of nitrogens with one attached hydrogen (secondary N) is 2. The highest BCUT2D eigenvalue weighted by Gasteiger charge is 2.17. The monoisotopic (exact) mass is 442 g/mol. The van der Waals surface area contributed by atoms with Gasteiger partial charge in [0.15, 0.2) is 5.13 Å². The van der Waals surface area contributed by atoms with Gasteiger partial charge in [0.25, 0.3) is 5.91 Å². The zero-order valence-corrected chi connectivity index (χ0v) is 17.4. The Kier molecular flexibility index (Phi) is 7.50. The van der Waals surface area contributed by atoms with E-state index in [0.717, 1.165) is 23.8 Å². The molecule has 2 N–H and O–H groups in total. The summed E-state index contributed by atoms with van der Waals surface area (Å²) in [4.78, 5) is 30.5. The molecule has 1 aliphatic heterocycles. The van der Waals surface area contributed by atoms with Crippen LogP contribution < -0.4 is 15.8 Å². The molecule has 10 heteroatoms. The lowest BCUT2D eigenvalue weighted by molar-refractivity contribution is -0.121. The first-order valence-electron chi connectivity index (χ1n) is 8.84. The Labute approximate surface area is 176 Å². The molecule has 0 saturated carbocycles. The van der Waals surface area contributed by atoms with E-state index in [1.165, 1.54) is 11.3 Å². The fourth-order valence-electron chi connectivity index (χ4n) is 2.67. The molecule has 2 aromatic rings. The summed E-state index contributed by atoms with van der Waals surface area (Å²) in [5.74, 6) is -0.703. The maximum absolute atomic E-state index is 12.2. The molecule has 1 aromatic heterocycles. The van der Waals surface area contributed by atoms with Crippen molar-refractivity contribution in [2.75, 3.05) is 31.2 Å². The standard InChI is InChI=1S/C18H20Cl2N4O3S/c19-13-5-4-12(10-14(13)20)2-1-3-16(25)22-23-17(26)15-11-28-18(21-15)24-6-8-27-9-7-24/h4-5,10-11H,1-3,6-9H2,(H,22,25)(H,23,26). The van der Waals surface area contributed by atoms with E-state index >= 15 is 0 Å². The lowest BCUT2D eigenvalue weighted by Gasteiger charge is -2.25. The predicted molar refractivity (Wildman–Crippen MR) is 110 cm³/mol. The third-order valence-corrected chi connectivity index (χ3v) is 5.82. The second kappa shape index (κ2) is 10.1. The number of aryl methyl sites for hydroxylation is 1. The highest BCUT2D eigenvalue weighted by atomic mass is 35.5. The van der Waals surface area contributed by atoms with Crippen molar-refractivity contribution in [3.8, 4) is 0 Å². The average molecular weight is 443 g/mol. The molecule has 150 valence electrons. The maximum atomic E-state index is 12.2. The molecule has 1 aromatic carbocycles. The van der Waals surface area contributed by atoms with E-state index in [1.807, 2.05) is 6.07 Å². The largest absolute Gasteiger partial charge is 0.378 e. The number of benzene rings is 1. The molecule has 0 unspecified atom stereocenters. The summed E-state index contributed by atoms with van der Waals surface area (Å²) in [7, 11) is 0. The Bertz CT molecular complexity index is 840. The van der Waals surface area contributed by atoms with Gasteiger partial charge in [0.2, 0.25) is 5.91 Å². The van der Waals surface area contributed by atoms with Gasteiger partial charge in [0, 0.05) is 24.9 Å². The first-order chi connectivity index (χ1) is 13.5. The molecule has 2 amide bonds. The van der Waals surface area contributed by atoms with Crippen LogP contribution in [0, 0.1) is 0 Å². The second-order valence-electron chi connectivity index (χ2n) is 6.22. The third-order valence-electron chi connectivity index (χ3n) is 4.18. The van der Waals surface area contributed by atoms with Gasteiger partial charge in [-0.1, -0.05) is 29.3 Å². The van der Waals surface area contributed by atoms with E-state index in [1.54, 1.807) is 17.5 Å². The lowest BCUT2D eigenvalue weighted by Crippen LogP contribution is -2.41. The summed E-state index contributed by atoms with van der Waals surface area (Å²) in [6.45, 7) is 2.81. The molecule has 3 rings (SSSR count). The van der Waals surface area contributed by atoms with E-state index < -0.39 is 5.91 Å². The van der Waals surface area contributed by atoms with Crippen LogP contribution in [-0.4, -0.2) is 43.1 Å². The predicted octanol–water partition coefficient (Wildman–Crippen LogP) is 3.07. The molecule has 1 fully saturated rings. The summed E-state index contributed by atoms with van der Waals surface area (Å²) in [5.41, 5.74) is 6.11. The van der Waals surface area contributed by atoms with Crippen molar-refractivity contribution in [3.63, 3.8) is 0 Å². The highest BCUT2D eigenvalue weighted by Crippen LogP contribution is 2.23. The van der Waals surface area contributed by atoms with Crippen molar-refractivity contribution < 1.29 is 14.3 Å². The quantitative estimate of drug-likeness (QED) is 0.671. The van der Waals surface area contributed by atoms with Crippen LogP contribution in [0.1, 0.15) is 28.9 Å². The van der Waals surface area contributed by atoms with E-state index in [4.69, 9.17) is 27.9 Å². The number of carbonyl (C=O) groups is 2. The van der Waals surface area contributed by atoms with Crippen molar-refractivity contribution >= 4 is 51.5 Å². The van der Waals surface area contributed by atoms with E-state index in [2.05, 4.69) is 20.7 Å². The molecular weight excluding hydrogens is 423 g/mol. The Balaban J connectivity index is 1.39. The smallest absolute Gasteiger partial charge is 0.289 e. The second-order valence-corrected chi connectivity index (χ2v) is 7.87. The van der Waals surface area contributed by atoms with E-state index in [9.17, 15) is 9.59 Å². The lowest BCUT2D eigenvalue weighted by atomic mass is 10.1. The van der Waals surface area contributed by atoms with Gasteiger partial charge in [-0.2, -0.15) is 0 Å². The molecule has 0 spiro atoms. The average Bonchev–Trinajstić information content (AvgIpc) is 3.20. The summed E-state index contributed by atoms with van der Waals surface area (Å²) < 4.78 is 5.31. The summed E-state index contributed by atoms with van der Waals surface area (Å²) in [6.07, 6.45) is 1.58. The normalized spacial score (nSPS) is 14.0. The minimum absolute atomic E-state index is 0.267. The zero-order valence-electron chi connectivity index (χ0n) is 15.0. The Morgan fingerprint density at radius 1 is 1.18 bits per heavy atom. The first kappa shape index (κ1) is 20.9. The Morgan fingerprint density at radius 3 is 2.71 bits per heavy atom. The van der Waals surface area contributed by atoms with Gasteiger partial charge in [-0.15, -0.1) is 11.3 Å². The molecule has 2 heterocycles. The number of thiazole rings is 1. The van der Waals surface area contributed by atoms with Gasteiger partial charge in [-0.3, -0.25) is 20.4 Å². The number of amides is 2. The number of aromatic nitrogens is 1. The third kappa shape index (κ3) is 5.81. The summed E-state index contributed by atoms with van der Waals surface area (Å²) >= 11 is 13.3. The van der Waals surface area contributed by atoms with Gasteiger partial charge in [-0.05, 0) is 30.5 Å². The number of anilines is 1. The van der Waals surface area contributed by atoms with Gasteiger partial charge in [0.1, 0.15) is 5.69 Å². The Hall–Kier alpha value is -1.87. The van der Waals surface area contributed by atoms with Crippen molar-refractivity contribution in [2.45, 2.75) is 19.3 Å².